The quantitative estimate of drug-likeness (QED) is 0.855. The Bertz CT molecular complexity index is 639. The lowest BCUT2D eigenvalue weighted by Crippen LogP contribution is -2.28. The average molecular weight is 303 g/mol. The molecule has 1 atom stereocenters. The van der Waals surface area contributed by atoms with Gasteiger partial charge in [-0.2, -0.15) is 0 Å². The van der Waals surface area contributed by atoms with Crippen molar-refractivity contribution in [3.8, 4) is 0 Å². The number of benzene rings is 2. The Kier molecular flexibility index (Phi) is 5.53. The van der Waals surface area contributed by atoms with Gasteiger partial charge in [0.05, 0.1) is 11.5 Å². The Morgan fingerprint density at radius 1 is 0.952 bits per heavy atom. The zero-order chi connectivity index (χ0) is 15.1. The molecule has 0 aliphatic rings. The molecule has 4 heteroatoms. The van der Waals surface area contributed by atoms with Crippen LogP contribution in [0.15, 0.2) is 60.7 Å². The normalized spacial score (nSPS) is 13.0. The SMILES string of the molecule is CCNC(CS(=O)(=O)Cc1ccccc1)c1ccccc1. The van der Waals surface area contributed by atoms with Gasteiger partial charge in [0.25, 0.3) is 0 Å². The van der Waals surface area contributed by atoms with E-state index in [1.54, 1.807) is 0 Å². The first-order valence-corrected chi connectivity index (χ1v) is 8.95. The Labute approximate surface area is 126 Å². The highest BCUT2D eigenvalue weighted by atomic mass is 32.2. The predicted molar refractivity (Wildman–Crippen MR) is 86.8 cm³/mol. The summed E-state index contributed by atoms with van der Waals surface area (Å²) in [7, 11) is -3.17. The molecule has 2 aromatic carbocycles. The minimum atomic E-state index is -3.17. The Morgan fingerprint density at radius 2 is 1.52 bits per heavy atom. The largest absolute Gasteiger partial charge is 0.309 e. The van der Waals surface area contributed by atoms with E-state index in [0.717, 1.165) is 17.7 Å². The van der Waals surface area contributed by atoms with Crippen molar-refractivity contribution < 1.29 is 8.42 Å². The van der Waals surface area contributed by atoms with Crippen molar-refractivity contribution >= 4 is 9.84 Å². The van der Waals surface area contributed by atoms with E-state index in [2.05, 4.69) is 5.32 Å². The van der Waals surface area contributed by atoms with Crippen LogP contribution in [0.2, 0.25) is 0 Å². The fourth-order valence-corrected chi connectivity index (χ4v) is 3.98. The summed E-state index contributed by atoms with van der Waals surface area (Å²) in [5, 5.41) is 3.26. The first kappa shape index (κ1) is 15.7. The van der Waals surface area contributed by atoms with Crippen molar-refractivity contribution in [1.29, 1.82) is 0 Å². The van der Waals surface area contributed by atoms with E-state index in [1.165, 1.54) is 0 Å². The number of nitrogens with one attached hydrogen (secondary N) is 1. The van der Waals surface area contributed by atoms with Crippen molar-refractivity contribution in [2.24, 2.45) is 0 Å². The molecular formula is C17H21NO2S. The van der Waals surface area contributed by atoms with Crippen LogP contribution >= 0.6 is 0 Å². The van der Waals surface area contributed by atoms with Crippen LogP contribution in [0.3, 0.4) is 0 Å². The zero-order valence-corrected chi connectivity index (χ0v) is 13.0. The second kappa shape index (κ2) is 7.38. The maximum atomic E-state index is 12.4. The fourth-order valence-electron chi connectivity index (χ4n) is 2.35. The van der Waals surface area contributed by atoms with Crippen LogP contribution in [0.4, 0.5) is 0 Å². The molecule has 2 aromatic rings. The summed E-state index contributed by atoms with van der Waals surface area (Å²) >= 11 is 0. The zero-order valence-electron chi connectivity index (χ0n) is 12.2. The lowest BCUT2D eigenvalue weighted by Gasteiger charge is -2.18. The van der Waals surface area contributed by atoms with E-state index in [1.807, 2.05) is 67.6 Å². The van der Waals surface area contributed by atoms with Crippen LogP contribution in [-0.4, -0.2) is 20.7 Å². The van der Waals surface area contributed by atoms with Gasteiger partial charge in [-0.1, -0.05) is 67.6 Å². The molecule has 0 amide bonds. The van der Waals surface area contributed by atoms with Crippen LogP contribution in [0.1, 0.15) is 24.1 Å². The van der Waals surface area contributed by atoms with Crippen molar-refractivity contribution in [3.05, 3.63) is 71.8 Å². The second-order valence-electron chi connectivity index (χ2n) is 5.06. The molecule has 0 heterocycles. The van der Waals surface area contributed by atoms with E-state index in [4.69, 9.17) is 0 Å². The van der Waals surface area contributed by atoms with Gasteiger partial charge < -0.3 is 5.32 Å². The van der Waals surface area contributed by atoms with Gasteiger partial charge in [-0.3, -0.25) is 0 Å². The highest BCUT2D eigenvalue weighted by molar-refractivity contribution is 7.90. The van der Waals surface area contributed by atoms with Gasteiger partial charge in [-0.25, -0.2) is 8.42 Å². The van der Waals surface area contributed by atoms with Gasteiger partial charge in [0.2, 0.25) is 0 Å². The minimum absolute atomic E-state index is 0.0859. The standard InChI is InChI=1S/C17H21NO2S/c1-2-18-17(16-11-7-4-8-12-16)14-21(19,20)13-15-9-5-3-6-10-15/h3-12,17-18H,2,13-14H2,1H3. The van der Waals surface area contributed by atoms with E-state index in [-0.39, 0.29) is 17.5 Å². The molecule has 0 fully saturated rings. The highest BCUT2D eigenvalue weighted by Crippen LogP contribution is 2.17. The van der Waals surface area contributed by atoms with Crippen LogP contribution in [0, 0.1) is 0 Å². The third-order valence-electron chi connectivity index (χ3n) is 3.30. The van der Waals surface area contributed by atoms with Gasteiger partial charge in [0.1, 0.15) is 0 Å². The number of rotatable bonds is 7. The monoisotopic (exact) mass is 303 g/mol. The van der Waals surface area contributed by atoms with Crippen LogP contribution in [0.5, 0.6) is 0 Å². The van der Waals surface area contributed by atoms with Gasteiger partial charge in [-0.05, 0) is 17.7 Å². The molecule has 2 rings (SSSR count). The van der Waals surface area contributed by atoms with Gasteiger partial charge in [0, 0.05) is 6.04 Å². The summed E-state index contributed by atoms with van der Waals surface area (Å²) in [6, 6.07) is 18.9. The number of hydrogen-bond acceptors (Lipinski definition) is 3. The number of sulfone groups is 1. The van der Waals surface area contributed by atoms with Crippen molar-refractivity contribution in [1.82, 2.24) is 5.32 Å². The molecule has 1 N–H and O–H groups in total. The molecule has 0 spiro atoms. The first-order chi connectivity index (χ1) is 10.1. The van der Waals surface area contributed by atoms with Gasteiger partial charge in [0.15, 0.2) is 9.84 Å². The summed E-state index contributed by atoms with van der Waals surface area (Å²) in [4.78, 5) is 0. The third kappa shape index (κ3) is 4.99. The van der Waals surface area contributed by atoms with E-state index < -0.39 is 9.84 Å². The van der Waals surface area contributed by atoms with Crippen LogP contribution in [-0.2, 0) is 15.6 Å². The average Bonchev–Trinajstić information content (AvgIpc) is 2.48. The molecule has 0 bridgehead atoms. The molecule has 21 heavy (non-hydrogen) atoms. The van der Waals surface area contributed by atoms with E-state index in [0.29, 0.717) is 0 Å². The fraction of sp³-hybridized carbons (Fsp3) is 0.294. The highest BCUT2D eigenvalue weighted by Gasteiger charge is 2.20. The molecule has 0 aliphatic heterocycles. The first-order valence-electron chi connectivity index (χ1n) is 7.13. The number of hydrogen-bond donors (Lipinski definition) is 1. The smallest absolute Gasteiger partial charge is 0.156 e. The summed E-state index contributed by atoms with van der Waals surface area (Å²) in [5.41, 5.74) is 1.84. The van der Waals surface area contributed by atoms with Crippen molar-refractivity contribution in [2.45, 2.75) is 18.7 Å². The maximum Gasteiger partial charge on any atom is 0.156 e. The minimum Gasteiger partial charge on any atom is -0.309 e. The van der Waals surface area contributed by atoms with E-state index in [9.17, 15) is 8.42 Å². The van der Waals surface area contributed by atoms with Crippen molar-refractivity contribution in [2.75, 3.05) is 12.3 Å². The molecule has 0 aliphatic carbocycles. The lowest BCUT2D eigenvalue weighted by molar-refractivity contribution is 0.558. The maximum absolute atomic E-state index is 12.4. The third-order valence-corrected chi connectivity index (χ3v) is 4.92. The van der Waals surface area contributed by atoms with E-state index >= 15 is 0 Å². The van der Waals surface area contributed by atoms with Crippen LogP contribution < -0.4 is 5.32 Å². The second-order valence-corrected chi connectivity index (χ2v) is 7.17. The molecule has 0 aromatic heterocycles. The molecular weight excluding hydrogens is 282 g/mol. The van der Waals surface area contributed by atoms with Crippen LogP contribution in [0.25, 0.3) is 0 Å². The summed E-state index contributed by atoms with van der Waals surface area (Å²) < 4.78 is 24.8. The molecule has 0 radical (unpaired) electrons. The summed E-state index contributed by atoms with van der Waals surface area (Å²) in [5.74, 6) is 0.197. The molecule has 3 nitrogen and oxygen atoms in total. The Morgan fingerprint density at radius 3 is 2.10 bits per heavy atom. The summed E-state index contributed by atoms with van der Waals surface area (Å²) in [6.07, 6.45) is 0. The molecule has 112 valence electrons. The van der Waals surface area contributed by atoms with Gasteiger partial charge in [-0.15, -0.1) is 0 Å². The molecule has 0 saturated carbocycles. The van der Waals surface area contributed by atoms with Gasteiger partial charge >= 0.3 is 0 Å². The van der Waals surface area contributed by atoms with Crippen molar-refractivity contribution in [3.63, 3.8) is 0 Å². The Balaban J connectivity index is 2.12. The lowest BCUT2D eigenvalue weighted by atomic mass is 10.1. The summed E-state index contributed by atoms with van der Waals surface area (Å²) in [6.45, 7) is 2.72. The molecule has 1 unspecified atom stereocenters. The topological polar surface area (TPSA) is 46.2 Å². The predicted octanol–water partition coefficient (Wildman–Crippen LogP) is 2.95. The molecule has 0 saturated heterocycles. The Hall–Kier alpha value is -1.65.